The number of carbonyl (C=O) groups excluding carboxylic acids is 2. The van der Waals surface area contributed by atoms with E-state index < -0.39 is 5.97 Å². The molecule has 2 rings (SSSR count). The summed E-state index contributed by atoms with van der Waals surface area (Å²) in [4.78, 5) is 37.3. The molecule has 1 amide bonds. The lowest BCUT2D eigenvalue weighted by Crippen LogP contribution is -2.28. The quantitative estimate of drug-likeness (QED) is 0.825. The summed E-state index contributed by atoms with van der Waals surface area (Å²) in [5.74, 6) is -0.772. The third-order valence-electron chi connectivity index (χ3n) is 3.79. The van der Waals surface area contributed by atoms with Gasteiger partial charge in [-0.05, 0) is 30.7 Å². The van der Waals surface area contributed by atoms with Crippen molar-refractivity contribution in [1.29, 1.82) is 0 Å². The number of hydrogen-bond acceptors (Lipinski definition) is 4. The Balaban J connectivity index is 2.12. The molecule has 1 heterocycles. The van der Waals surface area contributed by atoms with Gasteiger partial charge in [0, 0.05) is 37.9 Å². The number of carbonyl (C=O) groups is 3. The van der Waals surface area contributed by atoms with Crippen LogP contribution in [0.15, 0.2) is 18.2 Å². The van der Waals surface area contributed by atoms with Gasteiger partial charge in [-0.25, -0.2) is 0 Å². The number of Topliss-reactive ketones (excluding diaryl/α,β-unsaturated/α-hetero) is 1. The van der Waals surface area contributed by atoms with Gasteiger partial charge in [-0.3, -0.25) is 14.4 Å². The highest BCUT2D eigenvalue weighted by molar-refractivity contribution is 6.02. The van der Waals surface area contributed by atoms with E-state index in [0.29, 0.717) is 25.9 Å². The summed E-state index contributed by atoms with van der Waals surface area (Å²) in [6.07, 6.45) is 0.747. The molecule has 1 aromatic rings. The van der Waals surface area contributed by atoms with Crippen LogP contribution in [0.25, 0.3) is 0 Å². The summed E-state index contributed by atoms with van der Waals surface area (Å²) in [5.41, 5.74) is 2.66. The zero-order chi connectivity index (χ0) is 16.3. The summed E-state index contributed by atoms with van der Waals surface area (Å²) < 4.78 is 0. The van der Waals surface area contributed by atoms with Crippen LogP contribution in [0.4, 0.5) is 11.4 Å². The number of amides is 1. The van der Waals surface area contributed by atoms with Gasteiger partial charge in [-0.2, -0.15) is 0 Å². The average molecular weight is 304 g/mol. The van der Waals surface area contributed by atoms with Crippen LogP contribution in [-0.4, -0.2) is 42.9 Å². The normalized spacial score (nSPS) is 13.2. The highest BCUT2D eigenvalue weighted by atomic mass is 16.4. The number of hydrogen-bond donors (Lipinski definition) is 1. The van der Waals surface area contributed by atoms with Crippen molar-refractivity contribution in [3.8, 4) is 0 Å². The van der Waals surface area contributed by atoms with Crippen molar-refractivity contribution in [2.45, 2.75) is 26.2 Å². The first-order valence-corrected chi connectivity index (χ1v) is 7.24. The minimum Gasteiger partial charge on any atom is -0.481 e. The lowest BCUT2D eigenvalue weighted by molar-refractivity contribution is -0.136. The first kappa shape index (κ1) is 16.0. The van der Waals surface area contributed by atoms with Gasteiger partial charge in [0.2, 0.25) is 5.91 Å². The fourth-order valence-corrected chi connectivity index (χ4v) is 2.51. The highest BCUT2D eigenvalue weighted by Gasteiger charge is 2.27. The van der Waals surface area contributed by atoms with Gasteiger partial charge < -0.3 is 14.9 Å². The number of benzene rings is 1. The van der Waals surface area contributed by atoms with Crippen LogP contribution in [0.3, 0.4) is 0 Å². The van der Waals surface area contributed by atoms with Gasteiger partial charge >= 0.3 is 5.97 Å². The number of nitrogens with zero attached hydrogens (tertiary/aromatic N) is 2. The number of ketones is 1. The molecule has 0 atom stereocenters. The molecule has 0 unspecified atom stereocenters. The third kappa shape index (κ3) is 3.63. The molecule has 0 bridgehead atoms. The van der Waals surface area contributed by atoms with Gasteiger partial charge in [-0.15, -0.1) is 0 Å². The van der Waals surface area contributed by atoms with E-state index in [1.54, 1.807) is 4.90 Å². The van der Waals surface area contributed by atoms with Crippen molar-refractivity contribution in [3.05, 3.63) is 23.8 Å². The number of carboxylic acid groups (broad SMARTS) is 1. The maximum Gasteiger partial charge on any atom is 0.305 e. The molecule has 0 radical (unpaired) electrons. The van der Waals surface area contributed by atoms with Gasteiger partial charge in [0.1, 0.15) is 5.78 Å². The molecule has 1 aliphatic heterocycles. The van der Waals surface area contributed by atoms with Crippen LogP contribution in [-0.2, 0) is 20.8 Å². The number of fused-ring (bicyclic) bond motifs is 1. The van der Waals surface area contributed by atoms with Gasteiger partial charge in [-0.1, -0.05) is 0 Å². The Kier molecular flexibility index (Phi) is 4.80. The fraction of sp³-hybridized carbons (Fsp3) is 0.438. The smallest absolute Gasteiger partial charge is 0.305 e. The Morgan fingerprint density at radius 1 is 1.32 bits per heavy atom. The second-order valence-electron chi connectivity index (χ2n) is 5.55. The van der Waals surface area contributed by atoms with Gasteiger partial charge in [0.25, 0.3) is 0 Å². The zero-order valence-corrected chi connectivity index (χ0v) is 12.8. The van der Waals surface area contributed by atoms with Crippen molar-refractivity contribution in [1.82, 2.24) is 0 Å². The van der Waals surface area contributed by atoms with Crippen molar-refractivity contribution in [2.24, 2.45) is 0 Å². The second kappa shape index (κ2) is 6.60. The molecular weight excluding hydrogens is 284 g/mol. The monoisotopic (exact) mass is 304 g/mol. The first-order valence-electron chi connectivity index (χ1n) is 7.24. The lowest BCUT2D eigenvalue weighted by Gasteiger charge is -2.20. The Labute approximate surface area is 129 Å². The Morgan fingerprint density at radius 3 is 2.68 bits per heavy atom. The van der Waals surface area contributed by atoms with Crippen LogP contribution < -0.4 is 9.80 Å². The van der Waals surface area contributed by atoms with Crippen LogP contribution >= 0.6 is 0 Å². The molecule has 22 heavy (non-hydrogen) atoms. The number of carboxylic acids is 1. The molecule has 0 spiro atoms. The molecule has 118 valence electrons. The Hall–Kier alpha value is -2.37. The van der Waals surface area contributed by atoms with Gasteiger partial charge in [0.15, 0.2) is 0 Å². The van der Waals surface area contributed by atoms with Crippen LogP contribution in [0.1, 0.15) is 25.3 Å². The highest BCUT2D eigenvalue weighted by Crippen LogP contribution is 2.32. The van der Waals surface area contributed by atoms with E-state index in [4.69, 9.17) is 5.11 Å². The first-order chi connectivity index (χ1) is 10.4. The largest absolute Gasteiger partial charge is 0.481 e. The number of anilines is 2. The van der Waals surface area contributed by atoms with Crippen molar-refractivity contribution in [2.75, 3.05) is 29.9 Å². The van der Waals surface area contributed by atoms with E-state index in [2.05, 4.69) is 0 Å². The standard InChI is InChI=1S/C16H20N2O4/c1-11(19)5-8-18-14-4-3-13(9-12(14)10-15(18)20)17(2)7-6-16(21)22/h3-4,9H,5-8,10H2,1-2H3,(H,21,22). The fourth-order valence-electron chi connectivity index (χ4n) is 2.51. The van der Waals surface area contributed by atoms with E-state index >= 15 is 0 Å². The molecule has 6 nitrogen and oxygen atoms in total. The molecule has 0 aromatic heterocycles. The zero-order valence-electron chi connectivity index (χ0n) is 12.8. The summed E-state index contributed by atoms with van der Waals surface area (Å²) >= 11 is 0. The van der Waals surface area contributed by atoms with Crippen molar-refractivity contribution < 1.29 is 19.5 Å². The number of aliphatic carboxylic acids is 1. The lowest BCUT2D eigenvalue weighted by atomic mass is 10.1. The molecule has 0 saturated heterocycles. The topological polar surface area (TPSA) is 77.9 Å². The molecule has 1 aliphatic rings. The molecule has 0 fully saturated rings. The summed E-state index contributed by atoms with van der Waals surface area (Å²) in [7, 11) is 1.83. The second-order valence-corrected chi connectivity index (χ2v) is 5.55. The number of rotatable bonds is 7. The molecular formula is C16H20N2O4. The van der Waals surface area contributed by atoms with Crippen LogP contribution in [0.5, 0.6) is 0 Å². The molecule has 6 heteroatoms. The predicted octanol–water partition coefficient (Wildman–Crippen LogP) is 1.47. The van der Waals surface area contributed by atoms with E-state index in [9.17, 15) is 14.4 Å². The molecule has 1 aromatic carbocycles. The Morgan fingerprint density at radius 2 is 2.05 bits per heavy atom. The summed E-state index contributed by atoms with van der Waals surface area (Å²) in [5, 5.41) is 8.73. The van der Waals surface area contributed by atoms with E-state index in [0.717, 1.165) is 16.9 Å². The summed E-state index contributed by atoms with van der Waals surface area (Å²) in [6.45, 7) is 2.34. The average Bonchev–Trinajstić information content (AvgIpc) is 2.76. The van der Waals surface area contributed by atoms with Crippen LogP contribution in [0, 0.1) is 0 Å². The van der Waals surface area contributed by atoms with Gasteiger partial charge in [0.05, 0.1) is 12.8 Å². The minimum atomic E-state index is -0.835. The van der Waals surface area contributed by atoms with Crippen LogP contribution in [0.2, 0.25) is 0 Å². The maximum absolute atomic E-state index is 12.1. The molecule has 0 aliphatic carbocycles. The summed E-state index contributed by atoms with van der Waals surface area (Å²) in [6, 6.07) is 5.66. The van der Waals surface area contributed by atoms with E-state index in [-0.39, 0.29) is 18.1 Å². The van der Waals surface area contributed by atoms with E-state index in [1.807, 2.05) is 30.1 Å². The van der Waals surface area contributed by atoms with Crippen molar-refractivity contribution in [3.63, 3.8) is 0 Å². The maximum atomic E-state index is 12.1. The SMILES string of the molecule is CC(=O)CCN1C(=O)Cc2cc(N(C)CCC(=O)O)ccc21. The molecule has 1 N–H and O–H groups in total. The van der Waals surface area contributed by atoms with E-state index in [1.165, 1.54) is 6.92 Å². The Bertz CT molecular complexity index is 612. The van der Waals surface area contributed by atoms with Crippen molar-refractivity contribution >= 4 is 29.0 Å². The third-order valence-corrected chi connectivity index (χ3v) is 3.79. The predicted molar refractivity (Wildman–Crippen MR) is 83.3 cm³/mol. The molecule has 0 saturated carbocycles. The minimum absolute atomic E-state index is 0.00147.